The lowest BCUT2D eigenvalue weighted by Gasteiger charge is -2.01. The fourth-order valence-electron chi connectivity index (χ4n) is 1.71. The van der Waals surface area contributed by atoms with Gasteiger partial charge in [-0.2, -0.15) is 5.10 Å². The molecule has 0 saturated heterocycles. The van der Waals surface area contributed by atoms with Gasteiger partial charge in [0.05, 0.1) is 17.7 Å². The topological polar surface area (TPSA) is 86.7 Å². The number of esters is 1. The van der Waals surface area contributed by atoms with Crippen molar-refractivity contribution in [3.8, 4) is 0 Å². The van der Waals surface area contributed by atoms with Gasteiger partial charge in [-0.3, -0.25) is 4.79 Å². The van der Waals surface area contributed by atoms with Crippen LogP contribution in [-0.4, -0.2) is 34.4 Å². The summed E-state index contributed by atoms with van der Waals surface area (Å²) in [6.45, 7) is 2.04. The van der Waals surface area contributed by atoms with Crippen LogP contribution in [0.5, 0.6) is 0 Å². The van der Waals surface area contributed by atoms with E-state index in [0.717, 1.165) is 0 Å². The van der Waals surface area contributed by atoms with Crippen molar-refractivity contribution in [2.45, 2.75) is 11.9 Å². The molecule has 0 bridgehead atoms. The molecule has 100 valence electrons. The standard InChI is InChI=1S/C12H13N3O3S/c1-3-18-12(17)9-8-5-4-7(10(13)16)6-15(8)14-11(9)19-2/h4-6H,3H2,1-2H3,(H2,13,16). The van der Waals surface area contributed by atoms with Gasteiger partial charge in [-0.1, -0.05) is 0 Å². The Morgan fingerprint density at radius 1 is 1.47 bits per heavy atom. The number of amides is 1. The summed E-state index contributed by atoms with van der Waals surface area (Å²) in [6.07, 6.45) is 3.32. The van der Waals surface area contributed by atoms with Crippen molar-refractivity contribution < 1.29 is 14.3 Å². The van der Waals surface area contributed by atoms with E-state index in [1.165, 1.54) is 22.5 Å². The summed E-state index contributed by atoms with van der Waals surface area (Å²) < 4.78 is 6.49. The first-order valence-electron chi connectivity index (χ1n) is 5.61. The lowest BCUT2D eigenvalue weighted by atomic mass is 10.2. The second-order valence-corrected chi connectivity index (χ2v) is 4.51. The van der Waals surface area contributed by atoms with Crippen molar-refractivity contribution in [3.05, 3.63) is 29.5 Å². The average molecular weight is 279 g/mol. The van der Waals surface area contributed by atoms with E-state index in [4.69, 9.17) is 10.5 Å². The van der Waals surface area contributed by atoms with Crippen molar-refractivity contribution in [2.24, 2.45) is 5.73 Å². The second kappa shape index (κ2) is 5.31. The average Bonchev–Trinajstić information content (AvgIpc) is 2.76. The number of rotatable bonds is 4. The van der Waals surface area contributed by atoms with E-state index in [0.29, 0.717) is 28.3 Å². The van der Waals surface area contributed by atoms with Crippen LogP contribution in [0.25, 0.3) is 5.52 Å². The molecule has 0 fully saturated rings. The number of nitrogens with two attached hydrogens (primary N) is 1. The zero-order chi connectivity index (χ0) is 14.0. The van der Waals surface area contributed by atoms with E-state index in [2.05, 4.69) is 5.10 Å². The third-order valence-corrected chi connectivity index (χ3v) is 3.23. The van der Waals surface area contributed by atoms with Crippen LogP contribution in [0, 0.1) is 0 Å². The molecule has 19 heavy (non-hydrogen) atoms. The van der Waals surface area contributed by atoms with Crippen LogP contribution in [-0.2, 0) is 4.74 Å². The number of ether oxygens (including phenoxy) is 1. The molecule has 0 aliphatic carbocycles. The van der Waals surface area contributed by atoms with Gasteiger partial charge in [0.25, 0.3) is 0 Å². The number of pyridine rings is 1. The Morgan fingerprint density at radius 2 is 2.21 bits per heavy atom. The molecule has 0 saturated carbocycles. The van der Waals surface area contributed by atoms with Gasteiger partial charge in [0, 0.05) is 6.20 Å². The highest BCUT2D eigenvalue weighted by molar-refractivity contribution is 7.98. The van der Waals surface area contributed by atoms with E-state index in [1.807, 2.05) is 6.26 Å². The van der Waals surface area contributed by atoms with Gasteiger partial charge < -0.3 is 10.5 Å². The van der Waals surface area contributed by atoms with Gasteiger partial charge in [-0.05, 0) is 25.3 Å². The summed E-state index contributed by atoms with van der Waals surface area (Å²) in [7, 11) is 0. The first-order valence-corrected chi connectivity index (χ1v) is 6.84. The van der Waals surface area contributed by atoms with Crippen LogP contribution in [0.1, 0.15) is 27.6 Å². The molecule has 7 heteroatoms. The Labute approximate surface area is 113 Å². The highest BCUT2D eigenvalue weighted by Crippen LogP contribution is 2.24. The molecule has 0 unspecified atom stereocenters. The van der Waals surface area contributed by atoms with Gasteiger partial charge in [0.1, 0.15) is 10.6 Å². The molecular formula is C12H13N3O3S. The number of hydrogen-bond acceptors (Lipinski definition) is 5. The van der Waals surface area contributed by atoms with Gasteiger partial charge >= 0.3 is 5.97 Å². The quantitative estimate of drug-likeness (QED) is 0.674. The van der Waals surface area contributed by atoms with Crippen molar-refractivity contribution in [3.63, 3.8) is 0 Å². The predicted octanol–water partition coefficient (Wildman–Crippen LogP) is 1.33. The Kier molecular flexibility index (Phi) is 3.75. The maximum absolute atomic E-state index is 11.9. The number of carbonyl (C=O) groups excluding carboxylic acids is 2. The molecule has 0 atom stereocenters. The normalized spacial score (nSPS) is 10.6. The van der Waals surface area contributed by atoms with Gasteiger partial charge in [-0.25, -0.2) is 9.31 Å². The third kappa shape index (κ3) is 2.41. The van der Waals surface area contributed by atoms with Crippen molar-refractivity contribution in [1.82, 2.24) is 9.61 Å². The van der Waals surface area contributed by atoms with Crippen LogP contribution in [0.2, 0.25) is 0 Å². The van der Waals surface area contributed by atoms with Crippen molar-refractivity contribution in [1.29, 1.82) is 0 Å². The van der Waals surface area contributed by atoms with E-state index >= 15 is 0 Å². The van der Waals surface area contributed by atoms with Gasteiger partial charge in [0.2, 0.25) is 5.91 Å². The number of primary amides is 1. The zero-order valence-corrected chi connectivity index (χ0v) is 11.4. The number of nitrogens with zero attached hydrogens (tertiary/aromatic N) is 2. The smallest absolute Gasteiger partial charge is 0.343 e. The molecule has 2 aromatic rings. The molecule has 2 heterocycles. The van der Waals surface area contributed by atoms with E-state index in [1.54, 1.807) is 19.1 Å². The fraction of sp³-hybridized carbons (Fsp3) is 0.250. The first-order chi connectivity index (χ1) is 9.08. The number of fused-ring (bicyclic) bond motifs is 1. The summed E-state index contributed by atoms with van der Waals surface area (Å²) in [6, 6.07) is 3.20. The number of thioether (sulfide) groups is 1. The first kappa shape index (κ1) is 13.4. The number of aromatic nitrogens is 2. The van der Waals surface area contributed by atoms with E-state index in [9.17, 15) is 9.59 Å². The summed E-state index contributed by atoms with van der Waals surface area (Å²) in [5.41, 5.74) is 6.54. The summed E-state index contributed by atoms with van der Waals surface area (Å²) >= 11 is 1.34. The summed E-state index contributed by atoms with van der Waals surface area (Å²) in [5.74, 6) is -0.963. The second-order valence-electron chi connectivity index (χ2n) is 3.72. The largest absolute Gasteiger partial charge is 0.462 e. The van der Waals surface area contributed by atoms with Gasteiger partial charge in [0.15, 0.2) is 0 Å². The minimum absolute atomic E-state index is 0.295. The maximum atomic E-state index is 11.9. The van der Waals surface area contributed by atoms with Gasteiger partial charge in [-0.15, -0.1) is 11.8 Å². The SMILES string of the molecule is CCOC(=O)c1c(SC)nn2cc(C(N)=O)ccc12. The Balaban J connectivity index is 2.62. The molecule has 1 amide bonds. The van der Waals surface area contributed by atoms with E-state index in [-0.39, 0.29) is 0 Å². The van der Waals surface area contributed by atoms with Crippen LogP contribution >= 0.6 is 11.8 Å². The monoisotopic (exact) mass is 279 g/mol. The van der Waals surface area contributed by atoms with Crippen LogP contribution in [0.4, 0.5) is 0 Å². The Hall–Kier alpha value is -2.02. The van der Waals surface area contributed by atoms with Crippen molar-refractivity contribution >= 4 is 29.2 Å². The highest BCUT2D eigenvalue weighted by Gasteiger charge is 2.20. The van der Waals surface area contributed by atoms with Crippen LogP contribution in [0.3, 0.4) is 0 Å². The number of carbonyl (C=O) groups is 2. The maximum Gasteiger partial charge on any atom is 0.343 e. The van der Waals surface area contributed by atoms with Crippen molar-refractivity contribution in [2.75, 3.05) is 12.9 Å². The molecule has 0 aromatic carbocycles. The molecule has 0 spiro atoms. The molecule has 2 aromatic heterocycles. The summed E-state index contributed by atoms with van der Waals surface area (Å²) in [4.78, 5) is 23.1. The fourth-order valence-corrected chi connectivity index (χ4v) is 2.27. The Bertz CT molecular complexity index is 651. The molecular weight excluding hydrogens is 266 g/mol. The molecule has 2 rings (SSSR count). The van der Waals surface area contributed by atoms with Crippen LogP contribution in [0.15, 0.2) is 23.4 Å². The third-order valence-electron chi connectivity index (χ3n) is 2.55. The van der Waals surface area contributed by atoms with E-state index < -0.39 is 11.9 Å². The Morgan fingerprint density at radius 3 is 2.79 bits per heavy atom. The lowest BCUT2D eigenvalue weighted by Crippen LogP contribution is -2.12. The minimum Gasteiger partial charge on any atom is -0.462 e. The molecule has 6 nitrogen and oxygen atoms in total. The number of hydrogen-bond donors (Lipinski definition) is 1. The summed E-state index contributed by atoms with van der Waals surface area (Å²) in [5, 5.41) is 4.80. The van der Waals surface area contributed by atoms with Crippen LogP contribution < -0.4 is 5.73 Å². The predicted molar refractivity (Wildman–Crippen MR) is 71.4 cm³/mol. The highest BCUT2D eigenvalue weighted by atomic mass is 32.2. The molecule has 0 radical (unpaired) electrons. The zero-order valence-electron chi connectivity index (χ0n) is 10.5. The lowest BCUT2D eigenvalue weighted by molar-refractivity contribution is 0.0524. The molecule has 2 N–H and O–H groups in total. The molecule has 0 aliphatic heterocycles. The minimum atomic E-state index is -0.541. The molecule has 0 aliphatic rings.